The van der Waals surface area contributed by atoms with E-state index in [0.29, 0.717) is 52.0 Å². The molecule has 0 aliphatic heterocycles. The molecule has 0 fully saturated rings. The third-order valence-corrected chi connectivity index (χ3v) is 6.38. The van der Waals surface area contributed by atoms with Gasteiger partial charge in [-0.25, -0.2) is 9.78 Å². The molecule has 42 heavy (non-hydrogen) atoms. The van der Waals surface area contributed by atoms with E-state index in [-0.39, 0.29) is 43.7 Å². The molecule has 0 atom stereocenters. The second-order valence-corrected chi connectivity index (χ2v) is 9.36. The summed E-state index contributed by atoms with van der Waals surface area (Å²) in [7, 11) is 0. The number of anilines is 2. The van der Waals surface area contributed by atoms with E-state index < -0.39 is 17.9 Å². The highest BCUT2D eigenvalue weighted by Crippen LogP contribution is 2.37. The number of hydrogen-bond acceptors (Lipinski definition) is 10. The number of aliphatic carboxylic acids is 2. The van der Waals surface area contributed by atoms with Gasteiger partial charge in [0.1, 0.15) is 43.4 Å². The predicted molar refractivity (Wildman–Crippen MR) is 152 cm³/mol. The van der Waals surface area contributed by atoms with Crippen molar-refractivity contribution in [3.63, 3.8) is 0 Å². The number of hydrogen-bond donors (Lipinski definition) is 3. The van der Waals surface area contributed by atoms with Gasteiger partial charge in [0.05, 0.1) is 17.6 Å². The molecule has 0 amide bonds. The molecule has 0 saturated heterocycles. The maximum absolute atomic E-state index is 11.5. The smallest absolute Gasteiger partial charge is 0.373 e. The van der Waals surface area contributed by atoms with Crippen LogP contribution in [0.15, 0.2) is 51.4 Å². The minimum atomic E-state index is -1.27. The van der Waals surface area contributed by atoms with E-state index in [1.165, 1.54) is 0 Å². The fraction of sp³-hybridized carbons (Fsp3) is 0.286. The van der Waals surface area contributed by atoms with Crippen LogP contribution in [0.25, 0.3) is 22.6 Å². The quantitative estimate of drug-likeness (QED) is 0.160. The first kappa shape index (κ1) is 30.1. The lowest BCUT2D eigenvalue weighted by atomic mass is 10.2. The van der Waals surface area contributed by atoms with E-state index in [1.54, 1.807) is 53.1 Å². The Morgan fingerprint density at radius 1 is 0.857 bits per heavy atom. The van der Waals surface area contributed by atoms with Crippen LogP contribution in [-0.4, -0.2) is 77.6 Å². The molecule has 0 bridgehead atoms. The molecule has 13 nitrogen and oxygen atoms in total. The highest BCUT2D eigenvalue weighted by molar-refractivity contribution is 6.30. The third-order valence-electron chi connectivity index (χ3n) is 6.14. The summed E-state index contributed by atoms with van der Waals surface area (Å²) in [4.78, 5) is 41.2. The summed E-state index contributed by atoms with van der Waals surface area (Å²) in [5.74, 6) is -2.75. The fourth-order valence-electron chi connectivity index (χ4n) is 4.24. The number of fused-ring (bicyclic) bond motifs is 1. The van der Waals surface area contributed by atoms with Gasteiger partial charge >= 0.3 is 17.9 Å². The monoisotopic (exact) mass is 601 g/mol. The van der Waals surface area contributed by atoms with Gasteiger partial charge in [-0.3, -0.25) is 9.59 Å². The lowest BCUT2D eigenvalue weighted by molar-refractivity contribution is -0.136. The second kappa shape index (κ2) is 13.2. The van der Waals surface area contributed by atoms with Crippen molar-refractivity contribution in [2.24, 2.45) is 0 Å². The molecular weight excluding hydrogens is 574 g/mol. The zero-order valence-corrected chi connectivity index (χ0v) is 23.5. The van der Waals surface area contributed by atoms with Crippen LogP contribution in [0.3, 0.4) is 0 Å². The Balaban J connectivity index is 1.59. The van der Waals surface area contributed by atoms with E-state index in [4.69, 9.17) is 35.0 Å². The predicted octanol–water partition coefficient (Wildman–Crippen LogP) is 4.72. The number of rotatable bonds is 15. The standard InChI is InChI=1S/C28H28ClN3O10/c1-3-31(14-25(33)34)18-6-5-17(29)11-22(18)40-8-7-39-21-9-16-10-23(27-30-13-24(42-27)28(37)38)41-20(16)12-19(21)32(4-2)15-26(35)36/h5-6,9-13H,3-4,7-8,14-15H2,1-2H3,(H,33,34)(H,35,36)(H,37,38). The van der Waals surface area contributed by atoms with Crippen molar-refractivity contribution in [1.82, 2.24) is 4.98 Å². The van der Waals surface area contributed by atoms with Crippen LogP contribution in [0.1, 0.15) is 24.4 Å². The molecule has 0 unspecified atom stereocenters. The van der Waals surface area contributed by atoms with E-state index >= 15 is 0 Å². The molecule has 0 spiro atoms. The molecule has 222 valence electrons. The van der Waals surface area contributed by atoms with Gasteiger partial charge in [-0.1, -0.05) is 11.6 Å². The SMILES string of the molecule is CCN(CC(=O)O)c1ccc(Cl)cc1OCCOc1cc2cc(-c3ncc(C(=O)O)o3)oc2cc1N(CC)CC(=O)O. The zero-order chi connectivity index (χ0) is 30.4. The van der Waals surface area contributed by atoms with Gasteiger partial charge in [-0.15, -0.1) is 0 Å². The first-order valence-corrected chi connectivity index (χ1v) is 13.2. The van der Waals surface area contributed by atoms with Crippen LogP contribution in [0.2, 0.25) is 5.02 Å². The number of carboxylic acid groups (broad SMARTS) is 3. The summed E-state index contributed by atoms with van der Waals surface area (Å²) in [6, 6.07) is 9.82. The summed E-state index contributed by atoms with van der Waals surface area (Å²) < 4.78 is 23.1. The van der Waals surface area contributed by atoms with Crippen molar-refractivity contribution >= 4 is 51.9 Å². The van der Waals surface area contributed by atoms with Crippen molar-refractivity contribution in [1.29, 1.82) is 0 Å². The second-order valence-electron chi connectivity index (χ2n) is 8.93. The van der Waals surface area contributed by atoms with Crippen molar-refractivity contribution in [3.05, 3.63) is 53.4 Å². The van der Waals surface area contributed by atoms with Gasteiger partial charge in [0.2, 0.25) is 5.76 Å². The number of oxazole rings is 1. The largest absolute Gasteiger partial charge is 0.488 e. The fourth-order valence-corrected chi connectivity index (χ4v) is 4.40. The number of carbonyl (C=O) groups is 3. The molecule has 0 radical (unpaired) electrons. The van der Waals surface area contributed by atoms with Gasteiger partial charge in [0.15, 0.2) is 5.76 Å². The van der Waals surface area contributed by atoms with E-state index in [0.717, 1.165) is 6.20 Å². The van der Waals surface area contributed by atoms with Crippen LogP contribution >= 0.6 is 11.6 Å². The highest BCUT2D eigenvalue weighted by Gasteiger charge is 2.21. The van der Waals surface area contributed by atoms with Gasteiger partial charge in [-0.05, 0) is 38.1 Å². The zero-order valence-electron chi connectivity index (χ0n) is 22.7. The number of aromatic carboxylic acids is 1. The summed E-state index contributed by atoms with van der Waals surface area (Å²) >= 11 is 6.16. The van der Waals surface area contributed by atoms with Crippen LogP contribution in [0.5, 0.6) is 11.5 Å². The van der Waals surface area contributed by atoms with Crippen molar-refractivity contribution in [2.75, 3.05) is 49.2 Å². The summed E-state index contributed by atoms with van der Waals surface area (Å²) in [5.41, 5.74) is 1.40. The number of nitrogens with zero attached hydrogens (tertiary/aromatic N) is 3. The molecule has 4 aromatic rings. The summed E-state index contributed by atoms with van der Waals surface area (Å²) in [6.45, 7) is 3.99. The highest BCUT2D eigenvalue weighted by atomic mass is 35.5. The van der Waals surface area contributed by atoms with Crippen LogP contribution in [-0.2, 0) is 9.59 Å². The van der Waals surface area contributed by atoms with Crippen LogP contribution in [0.4, 0.5) is 11.4 Å². The number of carboxylic acids is 3. The normalized spacial score (nSPS) is 10.9. The van der Waals surface area contributed by atoms with Crippen LogP contribution in [0, 0.1) is 0 Å². The molecular formula is C28H28ClN3O10. The van der Waals surface area contributed by atoms with E-state index in [2.05, 4.69) is 4.98 Å². The molecule has 2 aromatic carbocycles. The molecule has 0 saturated carbocycles. The number of benzene rings is 2. The number of ether oxygens (including phenoxy) is 2. The number of furan rings is 1. The Labute approximate surface area is 244 Å². The molecule has 14 heteroatoms. The molecule has 3 N–H and O–H groups in total. The molecule has 4 rings (SSSR count). The third kappa shape index (κ3) is 7.04. The topological polar surface area (TPSA) is 176 Å². The lowest BCUT2D eigenvalue weighted by Crippen LogP contribution is -2.30. The van der Waals surface area contributed by atoms with Gasteiger partial charge in [0, 0.05) is 35.6 Å². The van der Waals surface area contributed by atoms with Crippen molar-refractivity contribution in [2.45, 2.75) is 13.8 Å². The van der Waals surface area contributed by atoms with E-state index in [9.17, 15) is 24.6 Å². The number of aromatic nitrogens is 1. The lowest BCUT2D eigenvalue weighted by Gasteiger charge is -2.25. The maximum Gasteiger partial charge on any atom is 0.373 e. The number of likely N-dealkylation sites (N-methyl/N-ethyl adjacent to an activating group) is 2. The molecule has 0 aliphatic rings. The van der Waals surface area contributed by atoms with Gasteiger partial charge < -0.3 is 43.4 Å². The minimum absolute atomic E-state index is 0.0275. The maximum atomic E-state index is 11.5. The first-order valence-electron chi connectivity index (χ1n) is 12.8. The molecule has 2 heterocycles. The summed E-state index contributed by atoms with van der Waals surface area (Å²) in [6.07, 6.45) is 1.07. The average molecular weight is 602 g/mol. The Morgan fingerprint density at radius 2 is 1.48 bits per heavy atom. The average Bonchev–Trinajstić information content (AvgIpc) is 3.60. The Bertz CT molecular complexity index is 1600. The van der Waals surface area contributed by atoms with Crippen LogP contribution < -0.4 is 19.3 Å². The Kier molecular flexibility index (Phi) is 9.42. The van der Waals surface area contributed by atoms with Gasteiger partial charge in [-0.2, -0.15) is 0 Å². The van der Waals surface area contributed by atoms with Gasteiger partial charge in [0.25, 0.3) is 5.89 Å². The molecule has 2 aromatic heterocycles. The summed E-state index contributed by atoms with van der Waals surface area (Å²) in [5, 5.41) is 28.8. The first-order chi connectivity index (χ1) is 20.1. The van der Waals surface area contributed by atoms with Crippen molar-refractivity contribution < 1.29 is 48.0 Å². The minimum Gasteiger partial charge on any atom is -0.488 e. The Hall–Kier alpha value is -4.91. The van der Waals surface area contributed by atoms with Crippen molar-refractivity contribution in [3.8, 4) is 23.1 Å². The van der Waals surface area contributed by atoms with E-state index in [1.807, 2.05) is 6.92 Å². The molecule has 0 aliphatic carbocycles. The number of halogens is 1. The Morgan fingerprint density at radius 3 is 2.05 bits per heavy atom.